The molecule has 33 heavy (non-hydrogen) atoms. The zero-order chi connectivity index (χ0) is 23.0. The van der Waals surface area contributed by atoms with Gasteiger partial charge in [-0.3, -0.25) is 5.32 Å². The third-order valence-corrected chi connectivity index (χ3v) is 5.51. The summed E-state index contributed by atoms with van der Waals surface area (Å²) in [5, 5.41) is 16.0. The van der Waals surface area contributed by atoms with Crippen molar-refractivity contribution in [2.45, 2.75) is 38.2 Å². The van der Waals surface area contributed by atoms with Crippen LogP contribution in [0.25, 0.3) is 11.4 Å². The molecule has 1 amide bonds. The maximum atomic E-state index is 12.4. The average molecular weight is 448 g/mol. The van der Waals surface area contributed by atoms with E-state index < -0.39 is 17.6 Å². The number of rotatable bonds is 5. The number of aromatic nitrogens is 3. The van der Waals surface area contributed by atoms with Crippen LogP contribution >= 0.6 is 0 Å². The maximum absolute atomic E-state index is 12.4. The van der Waals surface area contributed by atoms with Crippen LogP contribution in [0.3, 0.4) is 0 Å². The predicted molar refractivity (Wildman–Crippen MR) is 114 cm³/mol. The first-order valence-corrected chi connectivity index (χ1v) is 10.4. The molecule has 5 rings (SSSR count). The number of amides is 1. The Kier molecular flexibility index (Phi) is 5.11. The van der Waals surface area contributed by atoms with Crippen LogP contribution in [0, 0.1) is 18.8 Å². The Balaban J connectivity index is 1.30. The Morgan fingerprint density at radius 1 is 1.21 bits per heavy atom. The largest absolute Gasteiger partial charge is 0.441 e. The lowest BCUT2D eigenvalue weighted by Crippen LogP contribution is -2.16. The SMILES string of the molecule is Cc1noc(C#Cc2nc3oc(C4(CO)CC4)nc3o2)c1NC(=O)OC(C)c1ccccc1. The molecule has 10 heteroatoms. The quantitative estimate of drug-likeness (QED) is 0.436. The number of carbonyl (C=O) groups excluding carboxylic acids is 1. The molecule has 10 nitrogen and oxygen atoms in total. The first kappa shape index (κ1) is 20.8. The molecule has 1 aromatic carbocycles. The standard InChI is InChI=1S/C23H20N4O6/c1-13-18(25-22(29)30-14(2)15-6-4-3-5-7-15)16(33-27-13)8-9-17-24-19-20(31-17)26-21(32-19)23(12-28)10-11-23/h3-7,14,28H,10-12H2,1-2H3,(H,25,29). The van der Waals surface area contributed by atoms with E-state index in [0.717, 1.165) is 18.4 Å². The minimum atomic E-state index is -0.663. The number of aliphatic hydroxyl groups is 1. The van der Waals surface area contributed by atoms with E-state index in [4.69, 9.17) is 18.1 Å². The lowest BCUT2D eigenvalue weighted by atomic mass is 10.1. The van der Waals surface area contributed by atoms with Crippen LogP contribution in [-0.4, -0.2) is 32.9 Å². The van der Waals surface area contributed by atoms with E-state index in [1.807, 2.05) is 30.3 Å². The second-order valence-electron chi connectivity index (χ2n) is 7.89. The van der Waals surface area contributed by atoms with Crippen molar-refractivity contribution < 1.29 is 28.0 Å². The molecule has 2 N–H and O–H groups in total. The van der Waals surface area contributed by atoms with E-state index in [1.54, 1.807) is 13.8 Å². The monoisotopic (exact) mass is 448 g/mol. The van der Waals surface area contributed by atoms with Gasteiger partial charge in [-0.2, -0.15) is 9.97 Å². The highest BCUT2D eigenvalue weighted by molar-refractivity contribution is 5.87. The smallest absolute Gasteiger partial charge is 0.412 e. The summed E-state index contributed by atoms with van der Waals surface area (Å²) in [6, 6.07) is 9.38. The number of aliphatic hydroxyl groups excluding tert-OH is 1. The molecule has 4 aromatic rings. The molecule has 3 heterocycles. The summed E-state index contributed by atoms with van der Waals surface area (Å²) in [7, 11) is 0. The first-order valence-electron chi connectivity index (χ1n) is 10.4. The van der Waals surface area contributed by atoms with Gasteiger partial charge in [0.05, 0.1) is 12.0 Å². The summed E-state index contributed by atoms with van der Waals surface area (Å²) in [5.74, 6) is 6.07. The molecular weight excluding hydrogens is 428 g/mol. The Labute approximate surface area is 187 Å². The summed E-state index contributed by atoms with van der Waals surface area (Å²) in [5.41, 5.74) is 1.60. The van der Waals surface area contributed by atoms with Crippen molar-refractivity contribution in [2.75, 3.05) is 11.9 Å². The van der Waals surface area contributed by atoms with Crippen LogP contribution < -0.4 is 5.32 Å². The Bertz CT molecular complexity index is 1340. The molecule has 1 fully saturated rings. The molecule has 1 atom stereocenters. The lowest BCUT2D eigenvalue weighted by molar-refractivity contribution is 0.121. The van der Waals surface area contributed by atoms with Crippen molar-refractivity contribution in [1.82, 2.24) is 15.1 Å². The van der Waals surface area contributed by atoms with Gasteiger partial charge in [0, 0.05) is 5.92 Å². The number of hydrogen-bond donors (Lipinski definition) is 2. The molecule has 168 valence electrons. The second kappa shape index (κ2) is 8.11. The van der Waals surface area contributed by atoms with Gasteiger partial charge >= 0.3 is 6.09 Å². The molecule has 0 spiro atoms. The highest BCUT2D eigenvalue weighted by Crippen LogP contribution is 2.47. The number of carbonyl (C=O) groups is 1. The van der Waals surface area contributed by atoms with Crippen LogP contribution in [0.2, 0.25) is 0 Å². The van der Waals surface area contributed by atoms with Gasteiger partial charge in [0.1, 0.15) is 17.5 Å². The fraction of sp³-hybridized carbons (Fsp3) is 0.304. The van der Waals surface area contributed by atoms with Crippen LogP contribution in [0.1, 0.15) is 54.7 Å². The van der Waals surface area contributed by atoms with Crippen molar-refractivity contribution in [3.63, 3.8) is 0 Å². The van der Waals surface area contributed by atoms with Crippen LogP contribution in [0.15, 0.2) is 43.7 Å². The highest BCUT2D eigenvalue weighted by Gasteiger charge is 2.48. The number of hydrogen-bond acceptors (Lipinski definition) is 9. The van der Waals surface area contributed by atoms with E-state index >= 15 is 0 Å². The van der Waals surface area contributed by atoms with Crippen molar-refractivity contribution in [3.05, 3.63) is 59.1 Å². The molecule has 1 unspecified atom stereocenters. The van der Waals surface area contributed by atoms with Crippen molar-refractivity contribution in [1.29, 1.82) is 0 Å². The van der Waals surface area contributed by atoms with E-state index in [9.17, 15) is 9.90 Å². The van der Waals surface area contributed by atoms with Crippen LogP contribution in [0.4, 0.5) is 10.5 Å². The second-order valence-corrected chi connectivity index (χ2v) is 7.89. The van der Waals surface area contributed by atoms with Crippen LogP contribution in [0.5, 0.6) is 0 Å². The Morgan fingerprint density at radius 3 is 2.67 bits per heavy atom. The van der Waals surface area contributed by atoms with Gasteiger partial charge in [-0.15, -0.1) is 0 Å². The molecule has 0 radical (unpaired) electrons. The lowest BCUT2D eigenvalue weighted by Gasteiger charge is -2.13. The third kappa shape index (κ3) is 4.06. The number of aryl methyl sites for hydroxylation is 1. The zero-order valence-electron chi connectivity index (χ0n) is 17.9. The number of nitrogens with one attached hydrogen (secondary N) is 1. The van der Waals surface area contributed by atoms with Crippen molar-refractivity contribution in [3.8, 4) is 11.8 Å². The molecule has 0 aliphatic heterocycles. The van der Waals surface area contributed by atoms with Gasteiger partial charge < -0.3 is 23.2 Å². The topological polar surface area (TPSA) is 137 Å². The molecule has 3 aromatic heterocycles. The van der Waals surface area contributed by atoms with Crippen LogP contribution in [-0.2, 0) is 10.2 Å². The number of ether oxygens (including phenoxy) is 1. The summed E-state index contributed by atoms with van der Waals surface area (Å²) >= 11 is 0. The zero-order valence-corrected chi connectivity index (χ0v) is 17.9. The highest BCUT2D eigenvalue weighted by atomic mass is 16.6. The van der Waals surface area contributed by atoms with Gasteiger partial charge in [-0.05, 0) is 38.2 Å². The number of fused-ring (bicyclic) bond motifs is 1. The van der Waals surface area contributed by atoms with Crippen molar-refractivity contribution in [2.24, 2.45) is 0 Å². The predicted octanol–water partition coefficient (Wildman–Crippen LogP) is 3.85. The first-order chi connectivity index (χ1) is 16.0. The Morgan fingerprint density at radius 2 is 1.97 bits per heavy atom. The molecular formula is C23H20N4O6. The molecule has 1 aliphatic rings. The van der Waals surface area contributed by atoms with Gasteiger partial charge in [0.15, 0.2) is 0 Å². The maximum Gasteiger partial charge on any atom is 0.412 e. The third-order valence-electron chi connectivity index (χ3n) is 5.51. The fourth-order valence-electron chi connectivity index (χ4n) is 3.31. The normalized spacial score (nSPS) is 15.0. The van der Waals surface area contributed by atoms with Gasteiger partial charge in [-0.25, -0.2) is 4.79 Å². The number of oxazole rings is 2. The summed E-state index contributed by atoms with van der Waals surface area (Å²) in [6.07, 6.45) is 0.518. The molecule has 1 aliphatic carbocycles. The van der Waals surface area contributed by atoms with Gasteiger partial charge in [0.25, 0.3) is 17.3 Å². The van der Waals surface area contributed by atoms with E-state index in [-0.39, 0.29) is 29.7 Å². The molecule has 1 saturated carbocycles. The number of nitrogens with zero attached hydrogens (tertiary/aromatic N) is 3. The molecule has 0 saturated heterocycles. The molecule has 0 bridgehead atoms. The van der Waals surface area contributed by atoms with Gasteiger partial charge in [-0.1, -0.05) is 35.5 Å². The fourth-order valence-corrected chi connectivity index (χ4v) is 3.31. The minimum absolute atomic E-state index is 0.0318. The average Bonchev–Trinajstić information content (AvgIpc) is 3.20. The summed E-state index contributed by atoms with van der Waals surface area (Å²) in [4.78, 5) is 20.8. The summed E-state index contributed by atoms with van der Waals surface area (Å²) < 4.78 is 21.8. The number of anilines is 1. The van der Waals surface area contributed by atoms with E-state index in [2.05, 4.69) is 32.3 Å². The Hall–Kier alpha value is -4.10. The summed E-state index contributed by atoms with van der Waals surface area (Å²) in [6.45, 7) is 3.42. The van der Waals surface area contributed by atoms with E-state index in [0.29, 0.717) is 17.3 Å². The van der Waals surface area contributed by atoms with Crippen molar-refractivity contribution >= 4 is 23.2 Å². The van der Waals surface area contributed by atoms with E-state index in [1.165, 1.54) is 0 Å². The minimum Gasteiger partial charge on any atom is -0.441 e. The van der Waals surface area contributed by atoms with Gasteiger partial charge in [0.2, 0.25) is 11.7 Å². The number of benzene rings is 1.